The van der Waals surface area contributed by atoms with E-state index in [1.807, 2.05) is 0 Å². The number of ether oxygens (including phenoxy) is 1. The summed E-state index contributed by atoms with van der Waals surface area (Å²) in [5, 5.41) is 7.01. The van der Waals surface area contributed by atoms with Crippen molar-refractivity contribution in [2.24, 2.45) is 0 Å². The van der Waals surface area contributed by atoms with Crippen molar-refractivity contribution in [1.29, 1.82) is 0 Å². The third kappa shape index (κ3) is 3.95. The van der Waals surface area contributed by atoms with E-state index in [4.69, 9.17) is 9.15 Å². The highest BCUT2D eigenvalue weighted by Crippen LogP contribution is 2.15. The Balaban J connectivity index is 1.64. The van der Waals surface area contributed by atoms with Crippen LogP contribution in [-0.4, -0.2) is 29.3 Å². The van der Waals surface area contributed by atoms with Crippen LogP contribution in [0.3, 0.4) is 0 Å². The Labute approximate surface area is 143 Å². The Hall–Kier alpha value is -3.35. The topological polar surface area (TPSA) is 86.4 Å². The second-order valence-corrected chi connectivity index (χ2v) is 5.25. The second-order valence-electron chi connectivity index (χ2n) is 5.25. The first-order valence-corrected chi connectivity index (χ1v) is 7.71. The summed E-state index contributed by atoms with van der Waals surface area (Å²) in [5.41, 5.74) is 0.804. The van der Waals surface area contributed by atoms with Gasteiger partial charge in [-0.25, -0.2) is 4.68 Å². The molecule has 1 amide bonds. The third-order valence-corrected chi connectivity index (χ3v) is 3.58. The standard InChI is InChI=1S/C18H17N3O4/c1-24-14-5-2-4-13(12-14)18(23)19-9-10-21-17(22)8-7-15(20-21)16-6-3-11-25-16/h2-8,11-12H,9-10H2,1H3,(H,19,23). The maximum atomic E-state index is 12.2. The predicted molar refractivity (Wildman–Crippen MR) is 91.5 cm³/mol. The van der Waals surface area contributed by atoms with Gasteiger partial charge in [-0.2, -0.15) is 5.10 Å². The molecule has 2 aromatic heterocycles. The van der Waals surface area contributed by atoms with Crippen molar-refractivity contribution >= 4 is 5.91 Å². The minimum Gasteiger partial charge on any atom is -0.497 e. The molecule has 0 aliphatic rings. The van der Waals surface area contributed by atoms with E-state index < -0.39 is 0 Å². The minimum absolute atomic E-state index is 0.242. The lowest BCUT2D eigenvalue weighted by molar-refractivity contribution is 0.0951. The molecule has 1 aromatic carbocycles. The maximum absolute atomic E-state index is 12.2. The van der Waals surface area contributed by atoms with Crippen molar-refractivity contribution in [1.82, 2.24) is 15.1 Å². The van der Waals surface area contributed by atoms with Gasteiger partial charge >= 0.3 is 0 Å². The van der Waals surface area contributed by atoms with Crippen LogP contribution >= 0.6 is 0 Å². The number of amides is 1. The molecule has 0 aliphatic carbocycles. The fourth-order valence-corrected chi connectivity index (χ4v) is 2.31. The summed E-state index contributed by atoms with van der Waals surface area (Å²) in [6.07, 6.45) is 1.54. The molecule has 7 nitrogen and oxygen atoms in total. The molecule has 7 heteroatoms. The van der Waals surface area contributed by atoms with Crippen molar-refractivity contribution in [3.05, 3.63) is 70.7 Å². The Kier molecular flexibility index (Phi) is 4.94. The van der Waals surface area contributed by atoms with Gasteiger partial charge in [0.25, 0.3) is 11.5 Å². The summed E-state index contributed by atoms with van der Waals surface area (Å²) in [6, 6.07) is 13.4. The summed E-state index contributed by atoms with van der Waals surface area (Å²) in [5.74, 6) is 0.944. The zero-order chi connectivity index (χ0) is 17.6. The molecule has 0 unspecified atom stereocenters. The lowest BCUT2D eigenvalue weighted by Crippen LogP contribution is -2.31. The van der Waals surface area contributed by atoms with Gasteiger partial charge < -0.3 is 14.5 Å². The van der Waals surface area contributed by atoms with Gasteiger partial charge in [0.15, 0.2) is 5.76 Å². The molecule has 0 fully saturated rings. The second kappa shape index (κ2) is 7.48. The number of hydrogen-bond acceptors (Lipinski definition) is 5. The van der Waals surface area contributed by atoms with Crippen molar-refractivity contribution in [3.8, 4) is 17.2 Å². The smallest absolute Gasteiger partial charge is 0.266 e. The van der Waals surface area contributed by atoms with E-state index in [1.54, 1.807) is 55.8 Å². The molecule has 0 saturated heterocycles. The van der Waals surface area contributed by atoms with E-state index in [-0.39, 0.29) is 24.6 Å². The van der Waals surface area contributed by atoms with Gasteiger partial charge in [-0.05, 0) is 36.4 Å². The van der Waals surface area contributed by atoms with Crippen molar-refractivity contribution in [3.63, 3.8) is 0 Å². The molecule has 3 aromatic rings. The molecule has 0 saturated carbocycles. The lowest BCUT2D eigenvalue weighted by atomic mass is 10.2. The zero-order valence-electron chi connectivity index (χ0n) is 13.6. The average Bonchev–Trinajstić information content (AvgIpc) is 3.18. The van der Waals surface area contributed by atoms with Crippen molar-refractivity contribution in [2.75, 3.05) is 13.7 Å². The third-order valence-electron chi connectivity index (χ3n) is 3.58. The van der Waals surface area contributed by atoms with Gasteiger partial charge in [0, 0.05) is 18.2 Å². The summed E-state index contributed by atoms with van der Waals surface area (Å²) in [4.78, 5) is 24.1. The first-order chi connectivity index (χ1) is 12.2. The van der Waals surface area contributed by atoms with Gasteiger partial charge in [0.2, 0.25) is 0 Å². The van der Waals surface area contributed by atoms with E-state index in [0.717, 1.165) is 0 Å². The summed E-state index contributed by atoms with van der Waals surface area (Å²) in [6.45, 7) is 0.521. The van der Waals surface area contributed by atoms with Crippen molar-refractivity contribution < 1.29 is 13.9 Å². The zero-order valence-corrected chi connectivity index (χ0v) is 13.6. The molecule has 128 valence electrons. The van der Waals surface area contributed by atoms with Crippen LogP contribution in [0.2, 0.25) is 0 Å². The quantitative estimate of drug-likeness (QED) is 0.742. The Morgan fingerprint density at radius 2 is 2.12 bits per heavy atom. The number of carbonyl (C=O) groups excluding carboxylic acids is 1. The molecule has 0 aliphatic heterocycles. The molecule has 25 heavy (non-hydrogen) atoms. The van der Waals surface area contributed by atoms with Crippen LogP contribution in [0.1, 0.15) is 10.4 Å². The van der Waals surface area contributed by atoms with Gasteiger partial charge in [-0.3, -0.25) is 9.59 Å². The number of methoxy groups -OCH3 is 1. The monoisotopic (exact) mass is 339 g/mol. The molecule has 0 spiro atoms. The SMILES string of the molecule is COc1cccc(C(=O)NCCn2nc(-c3ccco3)ccc2=O)c1. The van der Waals surface area contributed by atoms with Crippen molar-refractivity contribution in [2.45, 2.75) is 6.54 Å². The van der Waals surface area contributed by atoms with Crippen LogP contribution in [0.4, 0.5) is 0 Å². The molecule has 0 radical (unpaired) electrons. The van der Waals surface area contributed by atoms with E-state index in [0.29, 0.717) is 22.8 Å². The lowest BCUT2D eigenvalue weighted by Gasteiger charge is -2.08. The van der Waals surface area contributed by atoms with Gasteiger partial charge in [-0.1, -0.05) is 6.07 Å². The van der Waals surface area contributed by atoms with Gasteiger partial charge in [0.1, 0.15) is 11.4 Å². The Morgan fingerprint density at radius 3 is 2.88 bits per heavy atom. The van der Waals surface area contributed by atoms with E-state index >= 15 is 0 Å². The van der Waals surface area contributed by atoms with Crippen LogP contribution in [-0.2, 0) is 6.54 Å². The molecule has 2 heterocycles. The number of benzene rings is 1. The first kappa shape index (κ1) is 16.5. The molecule has 0 bridgehead atoms. The molecular weight excluding hydrogens is 322 g/mol. The van der Waals surface area contributed by atoms with E-state index in [2.05, 4.69) is 10.4 Å². The number of carbonyl (C=O) groups is 1. The Bertz CT molecular complexity index is 916. The van der Waals surface area contributed by atoms with E-state index in [1.165, 1.54) is 10.7 Å². The van der Waals surface area contributed by atoms with Crippen LogP contribution in [0, 0.1) is 0 Å². The maximum Gasteiger partial charge on any atom is 0.266 e. The number of nitrogens with one attached hydrogen (secondary N) is 1. The molecular formula is C18H17N3O4. The summed E-state index contributed by atoms with van der Waals surface area (Å²) >= 11 is 0. The highest BCUT2D eigenvalue weighted by molar-refractivity contribution is 5.94. The highest BCUT2D eigenvalue weighted by Gasteiger charge is 2.08. The normalized spacial score (nSPS) is 10.4. The van der Waals surface area contributed by atoms with Gasteiger partial charge in [0.05, 0.1) is 19.9 Å². The Morgan fingerprint density at radius 1 is 1.24 bits per heavy atom. The van der Waals surface area contributed by atoms with Gasteiger partial charge in [-0.15, -0.1) is 0 Å². The highest BCUT2D eigenvalue weighted by atomic mass is 16.5. The number of aromatic nitrogens is 2. The summed E-state index contributed by atoms with van der Waals surface area (Å²) < 4.78 is 11.7. The van der Waals surface area contributed by atoms with Crippen LogP contribution in [0.25, 0.3) is 11.5 Å². The average molecular weight is 339 g/mol. The predicted octanol–water partition coefficient (Wildman–Crippen LogP) is 1.94. The number of hydrogen-bond donors (Lipinski definition) is 1. The largest absolute Gasteiger partial charge is 0.497 e. The molecule has 3 rings (SSSR count). The van der Waals surface area contributed by atoms with E-state index in [9.17, 15) is 9.59 Å². The fraction of sp³-hybridized carbons (Fsp3) is 0.167. The first-order valence-electron chi connectivity index (χ1n) is 7.71. The number of rotatable bonds is 6. The fourth-order valence-electron chi connectivity index (χ4n) is 2.31. The summed E-state index contributed by atoms with van der Waals surface area (Å²) in [7, 11) is 1.54. The molecule has 1 N–H and O–H groups in total. The van der Waals surface area contributed by atoms with Crippen LogP contribution < -0.4 is 15.6 Å². The van der Waals surface area contributed by atoms with Crippen LogP contribution in [0.15, 0.2) is 64.0 Å². The number of nitrogens with zero attached hydrogens (tertiary/aromatic N) is 2. The molecule has 0 atom stereocenters. The number of furan rings is 1. The minimum atomic E-state index is -0.245. The van der Waals surface area contributed by atoms with Crippen LogP contribution in [0.5, 0.6) is 5.75 Å².